The monoisotopic (exact) mass is 126 g/mol. The molecule has 1 heteroatoms. The quantitative estimate of drug-likeness (QED) is 0.467. The third kappa shape index (κ3) is 1.41. The first-order chi connectivity index (χ1) is 4.20. The highest BCUT2D eigenvalue weighted by Gasteiger charge is 2.12. The molecule has 2 unspecified atom stereocenters. The number of alkyl halides is 1. The van der Waals surface area contributed by atoms with E-state index in [0.29, 0.717) is 0 Å². The number of hydrogen-bond acceptors (Lipinski definition) is 0. The molecular formula is C8H11F. The lowest BCUT2D eigenvalue weighted by molar-refractivity contribution is 0.332. The molecule has 0 saturated heterocycles. The zero-order chi connectivity index (χ0) is 6.85. The van der Waals surface area contributed by atoms with Crippen LogP contribution in [0.4, 0.5) is 4.39 Å². The first-order valence-corrected chi connectivity index (χ1v) is 3.21. The highest BCUT2D eigenvalue weighted by atomic mass is 19.1. The maximum absolute atomic E-state index is 12.7. The van der Waals surface area contributed by atoms with Crippen molar-refractivity contribution in [3.63, 3.8) is 0 Å². The van der Waals surface area contributed by atoms with Crippen molar-refractivity contribution >= 4 is 0 Å². The average Bonchev–Trinajstić information content (AvgIpc) is 1.80. The second kappa shape index (κ2) is 2.34. The zero-order valence-electron chi connectivity index (χ0n) is 5.76. The van der Waals surface area contributed by atoms with Gasteiger partial charge in [0.25, 0.3) is 0 Å². The lowest BCUT2D eigenvalue weighted by Crippen LogP contribution is -2.10. The fourth-order valence-electron chi connectivity index (χ4n) is 0.868. The minimum absolute atomic E-state index is 0.0636. The normalized spacial score (nSPS) is 34.3. The molecule has 0 saturated carbocycles. The molecule has 2 atom stereocenters. The van der Waals surface area contributed by atoms with Crippen LogP contribution in [0.3, 0.4) is 0 Å². The van der Waals surface area contributed by atoms with Crippen molar-refractivity contribution in [2.75, 3.05) is 0 Å². The Balaban J connectivity index is 2.70. The molecule has 1 aliphatic carbocycles. The molecule has 0 fully saturated rings. The van der Waals surface area contributed by atoms with E-state index in [1.807, 2.05) is 26.0 Å². The van der Waals surface area contributed by atoms with Crippen LogP contribution in [0.1, 0.15) is 13.8 Å². The summed E-state index contributed by atoms with van der Waals surface area (Å²) in [7, 11) is 0. The SMILES string of the molecule is CC1=CC(F)C(C)C=C1. The van der Waals surface area contributed by atoms with E-state index in [0.717, 1.165) is 5.57 Å². The van der Waals surface area contributed by atoms with Crippen molar-refractivity contribution in [3.05, 3.63) is 23.8 Å². The van der Waals surface area contributed by atoms with Gasteiger partial charge in [0, 0.05) is 5.92 Å². The highest BCUT2D eigenvalue weighted by molar-refractivity contribution is 5.23. The first kappa shape index (κ1) is 6.53. The highest BCUT2D eigenvalue weighted by Crippen LogP contribution is 2.18. The van der Waals surface area contributed by atoms with Crippen molar-refractivity contribution in [2.24, 2.45) is 5.92 Å². The van der Waals surface area contributed by atoms with E-state index >= 15 is 0 Å². The molecule has 0 aromatic heterocycles. The summed E-state index contributed by atoms with van der Waals surface area (Å²) in [5, 5.41) is 0. The van der Waals surface area contributed by atoms with Crippen LogP contribution in [0.25, 0.3) is 0 Å². The molecule has 0 N–H and O–H groups in total. The third-order valence-electron chi connectivity index (χ3n) is 1.59. The average molecular weight is 126 g/mol. The predicted molar refractivity (Wildman–Crippen MR) is 37.0 cm³/mol. The maximum Gasteiger partial charge on any atom is 0.125 e. The van der Waals surface area contributed by atoms with Gasteiger partial charge in [-0.25, -0.2) is 4.39 Å². The van der Waals surface area contributed by atoms with Gasteiger partial charge in [0.1, 0.15) is 6.17 Å². The summed E-state index contributed by atoms with van der Waals surface area (Å²) in [6.45, 7) is 3.79. The lowest BCUT2D eigenvalue weighted by Gasteiger charge is -2.13. The topological polar surface area (TPSA) is 0 Å². The Kier molecular flexibility index (Phi) is 1.70. The van der Waals surface area contributed by atoms with E-state index in [4.69, 9.17) is 0 Å². The molecule has 0 heterocycles. The molecule has 1 aliphatic rings. The van der Waals surface area contributed by atoms with E-state index in [9.17, 15) is 4.39 Å². The van der Waals surface area contributed by atoms with Crippen LogP contribution in [0.5, 0.6) is 0 Å². The minimum atomic E-state index is -0.769. The summed E-state index contributed by atoms with van der Waals surface area (Å²) in [6, 6.07) is 0. The number of hydrogen-bond donors (Lipinski definition) is 0. The number of halogens is 1. The van der Waals surface area contributed by atoms with Gasteiger partial charge in [-0.05, 0) is 13.0 Å². The molecule has 9 heavy (non-hydrogen) atoms. The van der Waals surface area contributed by atoms with Gasteiger partial charge in [-0.15, -0.1) is 0 Å². The second-order valence-corrected chi connectivity index (χ2v) is 2.57. The molecule has 0 spiro atoms. The molecule has 50 valence electrons. The first-order valence-electron chi connectivity index (χ1n) is 3.21. The standard InChI is InChI=1S/C8H11F/c1-6-3-4-7(2)8(9)5-6/h3-5,7-8H,1-2H3. The van der Waals surface area contributed by atoms with Crippen molar-refractivity contribution in [2.45, 2.75) is 20.0 Å². The molecule has 0 nitrogen and oxygen atoms in total. The van der Waals surface area contributed by atoms with Crippen LogP contribution in [0.15, 0.2) is 23.8 Å². The number of rotatable bonds is 0. The van der Waals surface area contributed by atoms with Crippen molar-refractivity contribution < 1.29 is 4.39 Å². The van der Waals surface area contributed by atoms with Gasteiger partial charge >= 0.3 is 0 Å². The van der Waals surface area contributed by atoms with Crippen molar-refractivity contribution in [3.8, 4) is 0 Å². The Morgan fingerprint density at radius 1 is 1.56 bits per heavy atom. The molecule has 0 aromatic carbocycles. The van der Waals surface area contributed by atoms with Gasteiger partial charge in [-0.1, -0.05) is 24.6 Å². The van der Waals surface area contributed by atoms with Crippen LogP contribution >= 0.6 is 0 Å². The molecular weight excluding hydrogens is 115 g/mol. The third-order valence-corrected chi connectivity index (χ3v) is 1.59. The maximum atomic E-state index is 12.7. The Bertz CT molecular complexity index is 156. The van der Waals surface area contributed by atoms with Gasteiger partial charge in [0.2, 0.25) is 0 Å². The fourth-order valence-corrected chi connectivity index (χ4v) is 0.868. The Morgan fingerprint density at radius 2 is 2.22 bits per heavy atom. The molecule has 0 aliphatic heterocycles. The van der Waals surface area contributed by atoms with Crippen LogP contribution in [-0.4, -0.2) is 6.17 Å². The summed E-state index contributed by atoms with van der Waals surface area (Å²) in [5.74, 6) is 0.0636. The van der Waals surface area contributed by atoms with Crippen LogP contribution in [0.2, 0.25) is 0 Å². The summed E-state index contributed by atoms with van der Waals surface area (Å²) >= 11 is 0. The van der Waals surface area contributed by atoms with E-state index in [1.165, 1.54) is 0 Å². The van der Waals surface area contributed by atoms with Crippen LogP contribution in [0, 0.1) is 5.92 Å². The van der Waals surface area contributed by atoms with E-state index in [-0.39, 0.29) is 5.92 Å². The zero-order valence-corrected chi connectivity index (χ0v) is 5.76. The Morgan fingerprint density at radius 3 is 2.67 bits per heavy atom. The molecule has 0 amide bonds. The summed E-state index contributed by atoms with van der Waals surface area (Å²) in [5.41, 5.74) is 1.03. The van der Waals surface area contributed by atoms with Crippen LogP contribution < -0.4 is 0 Å². The van der Waals surface area contributed by atoms with Crippen molar-refractivity contribution in [1.82, 2.24) is 0 Å². The molecule has 0 bridgehead atoms. The van der Waals surface area contributed by atoms with Gasteiger partial charge in [-0.3, -0.25) is 0 Å². The summed E-state index contributed by atoms with van der Waals surface area (Å²) in [6.07, 6.45) is 4.75. The van der Waals surface area contributed by atoms with Crippen LogP contribution in [-0.2, 0) is 0 Å². The Hall–Kier alpha value is -0.590. The largest absolute Gasteiger partial charge is 0.242 e. The Labute approximate surface area is 55.1 Å². The van der Waals surface area contributed by atoms with Gasteiger partial charge in [0.05, 0.1) is 0 Å². The minimum Gasteiger partial charge on any atom is -0.242 e. The molecule has 1 rings (SSSR count). The van der Waals surface area contributed by atoms with E-state index in [2.05, 4.69) is 0 Å². The van der Waals surface area contributed by atoms with E-state index < -0.39 is 6.17 Å². The summed E-state index contributed by atoms with van der Waals surface area (Å²) < 4.78 is 12.7. The van der Waals surface area contributed by atoms with E-state index in [1.54, 1.807) is 6.08 Å². The molecule has 0 radical (unpaired) electrons. The van der Waals surface area contributed by atoms with Gasteiger partial charge in [-0.2, -0.15) is 0 Å². The van der Waals surface area contributed by atoms with Gasteiger partial charge < -0.3 is 0 Å². The number of allylic oxidation sites excluding steroid dienone is 4. The predicted octanol–water partition coefficient (Wildman–Crippen LogP) is 2.48. The smallest absolute Gasteiger partial charge is 0.125 e. The summed E-state index contributed by atoms with van der Waals surface area (Å²) in [4.78, 5) is 0. The molecule has 0 aromatic rings. The van der Waals surface area contributed by atoms with Crippen molar-refractivity contribution in [1.29, 1.82) is 0 Å². The fraction of sp³-hybridized carbons (Fsp3) is 0.500. The van der Waals surface area contributed by atoms with Gasteiger partial charge in [0.15, 0.2) is 0 Å². The lowest BCUT2D eigenvalue weighted by atomic mass is 9.98. The second-order valence-electron chi connectivity index (χ2n) is 2.57.